The van der Waals surface area contributed by atoms with Crippen molar-refractivity contribution in [3.05, 3.63) is 34.9 Å². The molecule has 1 aliphatic rings. The molecule has 236 valence electrons. The van der Waals surface area contributed by atoms with E-state index in [9.17, 15) is 19.2 Å². The van der Waals surface area contributed by atoms with Crippen molar-refractivity contribution in [1.29, 1.82) is 0 Å². The van der Waals surface area contributed by atoms with Gasteiger partial charge in [-0.1, -0.05) is 65.3 Å². The number of nitrogens with zero attached hydrogens (tertiary/aromatic N) is 1. The zero-order chi connectivity index (χ0) is 31.8. The predicted octanol–water partition coefficient (Wildman–Crippen LogP) is 4.45. The minimum absolute atomic E-state index is 0.137. The number of likely N-dealkylation sites (tertiary alicyclic amines) is 1. The first-order valence-electron chi connectivity index (χ1n) is 14.3. The smallest absolute Gasteiger partial charge is 0.427 e. The lowest BCUT2D eigenvalue weighted by atomic mass is 9.71. The van der Waals surface area contributed by atoms with Gasteiger partial charge in [0.2, 0.25) is 12.7 Å². The van der Waals surface area contributed by atoms with Crippen LogP contribution >= 0.6 is 11.6 Å². The van der Waals surface area contributed by atoms with Gasteiger partial charge in [-0.2, -0.15) is 0 Å². The molecule has 12 heteroatoms. The summed E-state index contributed by atoms with van der Waals surface area (Å²) in [6.45, 7) is 14.9. The normalized spacial score (nSPS) is 18.2. The van der Waals surface area contributed by atoms with Gasteiger partial charge < -0.3 is 35.5 Å². The van der Waals surface area contributed by atoms with Crippen LogP contribution in [-0.4, -0.2) is 66.7 Å². The molecule has 11 nitrogen and oxygen atoms in total. The molecule has 1 heterocycles. The fourth-order valence-electron chi connectivity index (χ4n) is 4.80. The van der Waals surface area contributed by atoms with E-state index in [1.807, 2.05) is 43.0 Å². The van der Waals surface area contributed by atoms with Crippen molar-refractivity contribution >= 4 is 35.7 Å². The van der Waals surface area contributed by atoms with E-state index in [4.69, 9.17) is 31.5 Å². The van der Waals surface area contributed by atoms with Crippen molar-refractivity contribution in [1.82, 2.24) is 15.5 Å². The van der Waals surface area contributed by atoms with Gasteiger partial charge in [0.25, 0.3) is 0 Å². The lowest BCUT2D eigenvalue weighted by molar-refractivity contribution is -0.157. The van der Waals surface area contributed by atoms with Crippen LogP contribution in [0.15, 0.2) is 24.3 Å². The molecule has 3 unspecified atom stereocenters. The lowest BCUT2D eigenvalue weighted by Crippen LogP contribution is -2.59. The van der Waals surface area contributed by atoms with Crippen LogP contribution in [0.25, 0.3) is 0 Å². The Labute approximate surface area is 254 Å². The fraction of sp³-hybridized carbons (Fsp3) is 0.667. The third kappa shape index (κ3) is 10.7. The highest BCUT2D eigenvalue weighted by Crippen LogP contribution is 2.37. The maximum atomic E-state index is 13.6. The average molecular weight is 611 g/mol. The van der Waals surface area contributed by atoms with Gasteiger partial charge in [-0.3, -0.25) is 9.59 Å². The number of halogens is 1. The molecule has 3 amide bonds. The number of hydrogen-bond acceptors (Lipinski definition) is 8. The molecule has 3 atom stereocenters. The van der Waals surface area contributed by atoms with Crippen molar-refractivity contribution < 1.29 is 33.4 Å². The molecular weight excluding hydrogens is 564 g/mol. The quantitative estimate of drug-likeness (QED) is 0.246. The van der Waals surface area contributed by atoms with Gasteiger partial charge in [0, 0.05) is 18.1 Å². The minimum Gasteiger partial charge on any atom is -0.427 e. The van der Waals surface area contributed by atoms with Crippen LogP contribution in [0, 0.1) is 23.2 Å². The number of nitrogens with one attached hydrogen (secondary N) is 2. The summed E-state index contributed by atoms with van der Waals surface area (Å²) in [5, 5.41) is 5.98. The Hall–Kier alpha value is -3.05. The predicted molar refractivity (Wildman–Crippen MR) is 159 cm³/mol. The standard InChI is InChI=1S/C30H47ClN4O7/c1-18(2)23(32)26(37)40-17-41-28(39)42-30(7,8)34-27(38)33-24(19(3)4)25(36)35-14-13-21(29(5,6)16-35)15-20-9-11-22(31)12-10-20/h9-12,18-19,21,23-24H,13-17,32H2,1-8H3,(H2,33,34,38). The second-order valence-electron chi connectivity index (χ2n) is 12.7. The van der Waals surface area contributed by atoms with E-state index in [0.717, 1.165) is 12.8 Å². The summed E-state index contributed by atoms with van der Waals surface area (Å²) in [5.74, 6) is -0.847. The summed E-state index contributed by atoms with van der Waals surface area (Å²) in [5.41, 5.74) is 5.26. The zero-order valence-electron chi connectivity index (χ0n) is 26.0. The number of benzene rings is 1. The molecule has 0 radical (unpaired) electrons. The van der Waals surface area contributed by atoms with Crippen LogP contribution < -0.4 is 16.4 Å². The SMILES string of the molecule is CC(C)C(N)C(=O)OCOC(=O)OC(C)(C)NC(=O)NC(C(=O)N1CCC(Cc2ccc(Cl)cc2)C(C)(C)C1)C(C)C. The van der Waals surface area contributed by atoms with Gasteiger partial charge in [0.1, 0.15) is 12.1 Å². The van der Waals surface area contributed by atoms with Crippen LogP contribution in [0.2, 0.25) is 5.02 Å². The Morgan fingerprint density at radius 2 is 1.69 bits per heavy atom. The number of piperidine rings is 1. The number of rotatable bonds is 11. The van der Waals surface area contributed by atoms with Gasteiger partial charge in [0.05, 0.1) is 0 Å². The van der Waals surface area contributed by atoms with Crippen molar-refractivity contribution in [2.75, 3.05) is 19.9 Å². The highest BCUT2D eigenvalue weighted by molar-refractivity contribution is 6.30. The van der Waals surface area contributed by atoms with Crippen molar-refractivity contribution in [2.24, 2.45) is 28.9 Å². The Morgan fingerprint density at radius 1 is 1.07 bits per heavy atom. The first-order valence-corrected chi connectivity index (χ1v) is 14.7. The number of urea groups is 1. The molecule has 42 heavy (non-hydrogen) atoms. The molecule has 0 aromatic heterocycles. The summed E-state index contributed by atoms with van der Waals surface area (Å²) in [4.78, 5) is 52.1. The Balaban J connectivity index is 1.91. The number of esters is 1. The molecule has 0 aliphatic carbocycles. The molecule has 1 saturated heterocycles. The summed E-state index contributed by atoms with van der Waals surface area (Å²) in [6, 6.07) is 5.53. The van der Waals surface area contributed by atoms with Crippen molar-refractivity contribution in [2.45, 2.75) is 86.0 Å². The Kier molecular flexibility index (Phi) is 12.5. The fourth-order valence-corrected chi connectivity index (χ4v) is 4.93. The van der Waals surface area contributed by atoms with E-state index >= 15 is 0 Å². The number of hydrogen-bond donors (Lipinski definition) is 3. The van der Waals surface area contributed by atoms with Gasteiger partial charge in [-0.25, -0.2) is 9.59 Å². The van der Waals surface area contributed by atoms with Gasteiger partial charge in [-0.15, -0.1) is 0 Å². The largest absolute Gasteiger partial charge is 0.513 e. The van der Waals surface area contributed by atoms with Gasteiger partial charge in [0.15, 0.2) is 5.72 Å². The maximum Gasteiger partial charge on any atom is 0.513 e. The Morgan fingerprint density at radius 3 is 2.24 bits per heavy atom. The van der Waals surface area contributed by atoms with E-state index in [2.05, 4.69) is 24.5 Å². The second-order valence-corrected chi connectivity index (χ2v) is 13.2. The van der Waals surface area contributed by atoms with Crippen molar-refractivity contribution in [3.8, 4) is 0 Å². The number of carbonyl (C=O) groups excluding carboxylic acids is 4. The van der Waals surface area contributed by atoms with E-state index in [0.29, 0.717) is 24.0 Å². The summed E-state index contributed by atoms with van der Waals surface area (Å²) >= 11 is 6.03. The average Bonchev–Trinajstić information content (AvgIpc) is 2.87. The maximum absolute atomic E-state index is 13.6. The van der Waals surface area contributed by atoms with Crippen LogP contribution in [0.4, 0.5) is 9.59 Å². The molecule has 1 aromatic rings. The number of amides is 3. The second kappa shape index (κ2) is 14.9. The van der Waals surface area contributed by atoms with E-state index < -0.39 is 42.8 Å². The lowest BCUT2D eigenvalue weighted by Gasteiger charge is -2.45. The summed E-state index contributed by atoms with van der Waals surface area (Å²) in [7, 11) is 0. The Bertz CT molecular complexity index is 1090. The third-order valence-electron chi connectivity index (χ3n) is 7.50. The molecule has 4 N–H and O–H groups in total. The van der Waals surface area contributed by atoms with Crippen LogP contribution in [-0.2, 0) is 30.2 Å². The highest BCUT2D eigenvalue weighted by atomic mass is 35.5. The van der Waals surface area contributed by atoms with E-state index in [1.54, 1.807) is 13.8 Å². The first-order chi connectivity index (χ1) is 19.4. The molecule has 2 rings (SSSR count). The topological polar surface area (TPSA) is 149 Å². The van der Waals surface area contributed by atoms with Crippen LogP contribution in [0.3, 0.4) is 0 Å². The summed E-state index contributed by atoms with van der Waals surface area (Å²) < 4.78 is 14.7. The number of nitrogens with two attached hydrogens (primary N) is 1. The van der Waals surface area contributed by atoms with E-state index in [-0.39, 0.29) is 23.2 Å². The molecule has 0 spiro atoms. The zero-order valence-corrected chi connectivity index (χ0v) is 26.7. The molecular formula is C30H47ClN4O7. The number of ether oxygens (including phenoxy) is 3. The highest BCUT2D eigenvalue weighted by Gasteiger charge is 2.40. The molecule has 0 bridgehead atoms. The molecule has 0 saturated carbocycles. The first kappa shape index (κ1) is 35.1. The van der Waals surface area contributed by atoms with Crippen molar-refractivity contribution in [3.63, 3.8) is 0 Å². The van der Waals surface area contributed by atoms with Gasteiger partial charge >= 0.3 is 18.2 Å². The monoisotopic (exact) mass is 610 g/mol. The van der Waals surface area contributed by atoms with Crippen LogP contribution in [0.5, 0.6) is 0 Å². The third-order valence-corrected chi connectivity index (χ3v) is 7.75. The summed E-state index contributed by atoms with van der Waals surface area (Å²) in [6.07, 6.45) is 0.567. The molecule has 1 fully saturated rings. The number of carbonyl (C=O) groups is 4. The van der Waals surface area contributed by atoms with Crippen LogP contribution in [0.1, 0.15) is 67.4 Å². The van der Waals surface area contributed by atoms with Gasteiger partial charge in [-0.05, 0) is 67.6 Å². The molecule has 1 aromatic carbocycles. The molecule has 1 aliphatic heterocycles. The minimum atomic E-state index is -1.49. The van der Waals surface area contributed by atoms with E-state index in [1.165, 1.54) is 19.4 Å².